The van der Waals surface area contributed by atoms with Crippen LogP contribution in [-0.2, 0) is 5.41 Å². The lowest BCUT2D eigenvalue weighted by Gasteiger charge is -2.24. The molecule has 32 heavy (non-hydrogen) atoms. The molecule has 0 saturated carbocycles. The molecule has 0 aliphatic rings. The fourth-order valence-corrected chi connectivity index (χ4v) is 3.66. The lowest BCUT2D eigenvalue weighted by atomic mass is 9.84. The quantitative estimate of drug-likeness (QED) is 0.375. The number of hydrogen-bond donors (Lipinski definition) is 1. The van der Waals surface area contributed by atoms with Gasteiger partial charge in [-0.05, 0) is 62.4 Å². The average molecular weight is 427 g/mol. The van der Waals surface area contributed by atoms with E-state index in [0.717, 1.165) is 28.5 Å². The SMILES string of the molecule is CC(C)(c1cccc(-c2nc3ccccc3[nH]2)n1)c1cccc(-c2ccc(F)nc2F)n1. The summed E-state index contributed by atoms with van der Waals surface area (Å²) in [6, 6.07) is 21.4. The highest BCUT2D eigenvalue weighted by atomic mass is 19.1. The third kappa shape index (κ3) is 3.51. The molecule has 0 amide bonds. The summed E-state index contributed by atoms with van der Waals surface area (Å²) < 4.78 is 27.4. The lowest BCUT2D eigenvalue weighted by Crippen LogP contribution is -2.22. The molecule has 1 aromatic carbocycles. The van der Waals surface area contributed by atoms with Gasteiger partial charge >= 0.3 is 0 Å². The second kappa shape index (κ2) is 7.60. The number of benzene rings is 1. The van der Waals surface area contributed by atoms with Crippen LogP contribution in [0.4, 0.5) is 8.78 Å². The van der Waals surface area contributed by atoms with E-state index in [4.69, 9.17) is 4.98 Å². The van der Waals surface area contributed by atoms with Gasteiger partial charge < -0.3 is 4.98 Å². The fraction of sp³-hybridized carbons (Fsp3) is 0.120. The van der Waals surface area contributed by atoms with E-state index in [1.807, 2.05) is 62.4 Å². The molecule has 158 valence electrons. The summed E-state index contributed by atoms with van der Waals surface area (Å²) in [5.74, 6) is -1.07. The highest BCUT2D eigenvalue weighted by molar-refractivity contribution is 5.78. The van der Waals surface area contributed by atoms with E-state index in [9.17, 15) is 8.78 Å². The van der Waals surface area contributed by atoms with Gasteiger partial charge in [-0.15, -0.1) is 0 Å². The predicted octanol–water partition coefficient (Wildman–Crippen LogP) is 5.69. The molecule has 0 spiro atoms. The van der Waals surface area contributed by atoms with E-state index in [-0.39, 0.29) is 5.56 Å². The van der Waals surface area contributed by atoms with Crippen LogP contribution >= 0.6 is 0 Å². The Labute approximate surface area is 183 Å². The fourth-order valence-electron chi connectivity index (χ4n) is 3.66. The van der Waals surface area contributed by atoms with Crippen LogP contribution in [-0.4, -0.2) is 24.9 Å². The Morgan fingerprint density at radius 2 is 1.38 bits per heavy atom. The van der Waals surface area contributed by atoms with Crippen molar-refractivity contribution in [2.75, 3.05) is 0 Å². The Morgan fingerprint density at radius 1 is 0.688 bits per heavy atom. The summed E-state index contributed by atoms with van der Waals surface area (Å²) in [7, 11) is 0. The van der Waals surface area contributed by atoms with Crippen molar-refractivity contribution in [1.29, 1.82) is 0 Å². The van der Waals surface area contributed by atoms with Crippen LogP contribution in [0.3, 0.4) is 0 Å². The first-order valence-electron chi connectivity index (χ1n) is 10.1. The Kier molecular flexibility index (Phi) is 4.74. The number of rotatable bonds is 4. The summed E-state index contributed by atoms with van der Waals surface area (Å²) in [4.78, 5) is 20.7. The Balaban J connectivity index is 1.54. The van der Waals surface area contributed by atoms with Gasteiger partial charge in [0.2, 0.25) is 11.9 Å². The van der Waals surface area contributed by atoms with Crippen molar-refractivity contribution in [1.82, 2.24) is 24.9 Å². The summed E-state index contributed by atoms with van der Waals surface area (Å²) in [5.41, 5.74) is 3.98. The molecule has 1 N–H and O–H groups in total. The molecule has 0 fully saturated rings. The van der Waals surface area contributed by atoms with E-state index in [0.29, 0.717) is 17.2 Å². The maximum Gasteiger partial charge on any atom is 0.224 e. The number of aromatic amines is 1. The van der Waals surface area contributed by atoms with Crippen LogP contribution in [0.2, 0.25) is 0 Å². The first kappa shape index (κ1) is 19.9. The zero-order chi connectivity index (χ0) is 22.3. The topological polar surface area (TPSA) is 67.3 Å². The third-order valence-electron chi connectivity index (χ3n) is 5.50. The molecule has 0 aliphatic heterocycles. The molecule has 5 nitrogen and oxygen atoms in total. The highest BCUT2D eigenvalue weighted by Crippen LogP contribution is 2.32. The van der Waals surface area contributed by atoms with Crippen molar-refractivity contribution in [2.24, 2.45) is 0 Å². The number of halogens is 2. The van der Waals surface area contributed by atoms with Gasteiger partial charge in [0.05, 0.1) is 33.7 Å². The number of para-hydroxylation sites is 2. The zero-order valence-electron chi connectivity index (χ0n) is 17.5. The molecule has 5 aromatic rings. The van der Waals surface area contributed by atoms with Crippen LogP contribution in [0.25, 0.3) is 33.8 Å². The van der Waals surface area contributed by atoms with Gasteiger partial charge in [-0.25, -0.2) is 9.97 Å². The predicted molar refractivity (Wildman–Crippen MR) is 119 cm³/mol. The third-order valence-corrected chi connectivity index (χ3v) is 5.50. The van der Waals surface area contributed by atoms with Crippen molar-refractivity contribution < 1.29 is 8.78 Å². The Morgan fingerprint density at radius 3 is 2.09 bits per heavy atom. The normalized spacial score (nSPS) is 11.8. The van der Waals surface area contributed by atoms with Crippen molar-refractivity contribution in [3.8, 4) is 22.8 Å². The van der Waals surface area contributed by atoms with Crippen LogP contribution in [0.1, 0.15) is 25.2 Å². The van der Waals surface area contributed by atoms with E-state index >= 15 is 0 Å². The second-order valence-electron chi connectivity index (χ2n) is 8.02. The molecule has 0 saturated heterocycles. The number of hydrogen-bond acceptors (Lipinski definition) is 4. The molecule has 0 aliphatic carbocycles. The van der Waals surface area contributed by atoms with Crippen LogP contribution < -0.4 is 0 Å². The molecule has 0 bridgehead atoms. The van der Waals surface area contributed by atoms with E-state index in [1.165, 1.54) is 6.07 Å². The number of fused-ring (bicyclic) bond motifs is 1. The summed E-state index contributed by atoms with van der Waals surface area (Å²) in [6.07, 6.45) is 0. The van der Waals surface area contributed by atoms with Crippen molar-refractivity contribution >= 4 is 11.0 Å². The van der Waals surface area contributed by atoms with Crippen LogP contribution in [0.15, 0.2) is 72.8 Å². The van der Waals surface area contributed by atoms with Crippen LogP contribution in [0.5, 0.6) is 0 Å². The van der Waals surface area contributed by atoms with E-state index in [2.05, 4.69) is 19.9 Å². The number of pyridine rings is 3. The first-order valence-corrected chi connectivity index (χ1v) is 10.1. The number of nitrogens with zero attached hydrogens (tertiary/aromatic N) is 4. The van der Waals surface area contributed by atoms with Crippen molar-refractivity contribution in [3.05, 3.63) is 96.1 Å². The Hall–Kier alpha value is -4.00. The number of imidazole rings is 1. The number of H-pyrrole nitrogens is 1. The highest BCUT2D eigenvalue weighted by Gasteiger charge is 2.27. The Bertz CT molecular complexity index is 1410. The second-order valence-corrected chi connectivity index (χ2v) is 8.02. The molecule has 7 heteroatoms. The minimum atomic E-state index is -0.891. The van der Waals surface area contributed by atoms with Gasteiger partial charge in [-0.1, -0.05) is 24.3 Å². The molecule has 0 unspecified atom stereocenters. The standard InChI is InChI=1S/C25H19F2N5/c1-25(2,20-11-5-9-16(28-20)15-13-14-22(26)32-23(15)27)21-12-6-10-19(29-21)24-30-17-7-3-4-8-18(17)31-24/h3-14H,1-2H3,(H,30,31). The first-order chi connectivity index (χ1) is 15.4. The smallest absolute Gasteiger partial charge is 0.224 e. The molecule has 0 radical (unpaired) electrons. The number of aromatic nitrogens is 5. The van der Waals surface area contributed by atoms with E-state index < -0.39 is 17.3 Å². The van der Waals surface area contributed by atoms with E-state index in [1.54, 1.807) is 12.1 Å². The molecular weight excluding hydrogens is 408 g/mol. The minimum Gasteiger partial charge on any atom is -0.337 e. The van der Waals surface area contributed by atoms with Gasteiger partial charge in [0.15, 0.2) is 5.82 Å². The number of nitrogens with one attached hydrogen (secondary N) is 1. The molecular formula is C25H19F2N5. The van der Waals surface area contributed by atoms with Gasteiger partial charge in [-0.3, -0.25) is 4.98 Å². The maximum absolute atomic E-state index is 14.2. The average Bonchev–Trinajstić information content (AvgIpc) is 3.24. The monoisotopic (exact) mass is 427 g/mol. The van der Waals surface area contributed by atoms with Crippen molar-refractivity contribution in [3.63, 3.8) is 0 Å². The summed E-state index contributed by atoms with van der Waals surface area (Å²) in [5, 5.41) is 0. The van der Waals surface area contributed by atoms with Gasteiger partial charge in [0.25, 0.3) is 0 Å². The van der Waals surface area contributed by atoms with Gasteiger partial charge in [0.1, 0.15) is 5.69 Å². The van der Waals surface area contributed by atoms with Crippen LogP contribution in [0, 0.1) is 11.9 Å². The molecule has 0 atom stereocenters. The van der Waals surface area contributed by atoms with Crippen molar-refractivity contribution in [2.45, 2.75) is 19.3 Å². The maximum atomic E-state index is 14.2. The van der Waals surface area contributed by atoms with Gasteiger partial charge in [0, 0.05) is 5.41 Å². The lowest BCUT2D eigenvalue weighted by molar-refractivity contribution is 0.514. The molecule has 4 aromatic heterocycles. The largest absolute Gasteiger partial charge is 0.337 e. The van der Waals surface area contributed by atoms with Gasteiger partial charge in [-0.2, -0.15) is 13.8 Å². The molecule has 4 heterocycles. The summed E-state index contributed by atoms with van der Waals surface area (Å²) >= 11 is 0. The minimum absolute atomic E-state index is 0.146. The summed E-state index contributed by atoms with van der Waals surface area (Å²) in [6.45, 7) is 4.01. The molecule has 5 rings (SSSR count). The zero-order valence-corrected chi connectivity index (χ0v) is 17.5.